The molecule has 0 saturated heterocycles. The van der Waals surface area contributed by atoms with Gasteiger partial charge >= 0.3 is 0 Å². The zero-order valence-electron chi connectivity index (χ0n) is 9.65. The van der Waals surface area contributed by atoms with Crippen molar-refractivity contribution in [2.75, 3.05) is 12.1 Å². The van der Waals surface area contributed by atoms with Gasteiger partial charge in [-0.1, -0.05) is 13.8 Å². The van der Waals surface area contributed by atoms with Crippen LogP contribution in [0.5, 0.6) is 0 Å². The first-order valence-corrected chi connectivity index (χ1v) is 4.89. The van der Waals surface area contributed by atoms with E-state index in [2.05, 4.69) is 10.1 Å². The summed E-state index contributed by atoms with van der Waals surface area (Å²) >= 11 is 0. The molecule has 78 valence electrons. The van der Waals surface area contributed by atoms with Gasteiger partial charge in [0, 0.05) is 25.2 Å². The van der Waals surface area contributed by atoms with E-state index in [0.717, 1.165) is 11.4 Å². The quantitative estimate of drug-likeness (QED) is 0.533. The number of aryl methyl sites for hydroxylation is 1. The average Bonchev–Trinajstić information content (AvgIpc) is 2.21. The minimum atomic E-state index is 1.01. The van der Waals surface area contributed by atoms with Gasteiger partial charge in [0.15, 0.2) is 0 Å². The molecule has 0 amide bonds. The molecule has 0 aromatic carbocycles. The fourth-order valence-electron chi connectivity index (χ4n) is 0.972. The van der Waals surface area contributed by atoms with Gasteiger partial charge in [-0.2, -0.15) is 5.10 Å². The molecular formula is C11H19N3. The Bertz CT molecular complexity index is 282. The van der Waals surface area contributed by atoms with Crippen LogP contribution in [0.15, 0.2) is 23.4 Å². The number of nitrogens with zero attached hydrogens (tertiary/aromatic N) is 3. The summed E-state index contributed by atoms with van der Waals surface area (Å²) in [5, 5.41) is 5.93. The van der Waals surface area contributed by atoms with Crippen molar-refractivity contribution in [2.24, 2.45) is 5.10 Å². The van der Waals surface area contributed by atoms with Crippen molar-refractivity contribution >= 4 is 11.9 Å². The molecule has 1 rings (SSSR count). The second kappa shape index (κ2) is 7.06. The smallest absolute Gasteiger partial charge is 0.0623 e. The second-order valence-corrected chi connectivity index (χ2v) is 2.55. The third kappa shape index (κ3) is 4.03. The number of hydrogen-bond acceptors (Lipinski definition) is 3. The van der Waals surface area contributed by atoms with E-state index in [9.17, 15) is 0 Å². The number of hydrazone groups is 1. The molecule has 14 heavy (non-hydrogen) atoms. The van der Waals surface area contributed by atoms with Crippen molar-refractivity contribution in [3.8, 4) is 0 Å². The summed E-state index contributed by atoms with van der Waals surface area (Å²) in [6.45, 7) is 7.86. The van der Waals surface area contributed by atoms with Gasteiger partial charge in [-0.05, 0) is 26.0 Å². The van der Waals surface area contributed by atoms with Crippen LogP contribution in [0.4, 0.5) is 5.69 Å². The van der Waals surface area contributed by atoms with Crippen molar-refractivity contribution in [1.29, 1.82) is 0 Å². The largest absolute Gasteiger partial charge is 0.269 e. The molecule has 0 saturated carbocycles. The lowest BCUT2D eigenvalue weighted by Crippen LogP contribution is -2.08. The highest BCUT2D eigenvalue weighted by Crippen LogP contribution is 2.11. The topological polar surface area (TPSA) is 28.5 Å². The maximum absolute atomic E-state index is 4.12. The van der Waals surface area contributed by atoms with Crippen molar-refractivity contribution in [1.82, 2.24) is 4.98 Å². The van der Waals surface area contributed by atoms with Crippen molar-refractivity contribution in [2.45, 2.75) is 27.7 Å². The summed E-state index contributed by atoms with van der Waals surface area (Å²) in [6, 6.07) is 3.92. The average molecular weight is 193 g/mol. The molecule has 3 nitrogen and oxygen atoms in total. The molecule has 0 radical (unpaired) electrons. The summed E-state index contributed by atoms with van der Waals surface area (Å²) in [5.74, 6) is 0. The molecule has 1 aromatic heterocycles. The van der Waals surface area contributed by atoms with Gasteiger partial charge in [-0.25, -0.2) is 0 Å². The first kappa shape index (κ1) is 12.6. The summed E-state index contributed by atoms with van der Waals surface area (Å²) in [4.78, 5) is 4.10. The summed E-state index contributed by atoms with van der Waals surface area (Å²) < 4.78 is 0. The molecule has 0 aliphatic heterocycles. The van der Waals surface area contributed by atoms with Gasteiger partial charge in [0.2, 0.25) is 0 Å². The second-order valence-electron chi connectivity index (χ2n) is 2.55. The number of pyridine rings is 1. The maximum Gasteiger partial charge on any atom is 0.0623 e. The molecule has 1 aromatic rings. The van der Waals surface area contributed by atoms with Crippen molar-refractivity contribution in [3.63, 3.8) is 0 Å². The molecule has 0 spiro atoms. The van der Waals surface area contributed by atoms with Crippen LogP contribution in [0.2, 0.25) is 0 Å². The molecule has 0 aliphatic rings. The van der Waals surface area contributed by atoms with Crippen LogP contribution in [-0.2, 0) is 0 Å². The van der Waals surface area contributed by atoms with Crippen LogP contribution in [0.25, 0.3) is 0 Å². The zero-order chi connectivity index (χ0) is 11.0. The highest BCUT2D eigenvalue weighted by molar-refractivity contribution is 5.57. The highest BCUT2D eigenvalue weighted by atomic mass is 15.4. The molecule has 0 unspecified atom stereocenters. The lowest BCUT2D eigenvalue weighted by atomic mass is 10.3. The minimum Gasteiger partial charge on any atom is -0.269 e. The molecular weight excluding hydrogens is 174 g/mol. The van der Waals surface area contributed by atoms with Crippen molar-refractivity contribution in [3.05, 3.63) is 24.0 Å². The molecule has 1 heterocycles. The number of rotatable bonds is 2. The Hall–Kier alpha value is -1.38. The van der Waals surface area contributed by atoms with E-state index in [1.165, 1.54) is 0 Å². The van der Waals surface area contributed by atoms with E-state index in [0.29, 0.717) is 0 Å². The molecule has 0 atom stereocenters. The molecule has 0 fully saturated rings. The standard InChI is InChI=1S/C9H13N3.C2H6/c1-4-11-12(3)9-5-6-10-8(2)7-9;1-2/h4-7H,1-3H3;1-2H3/b11-4-;. The lowest BCUT2D eigenvalue weighted by Gasteiger charge is -2.11. The van der Waals surface area contributed by atoms with Crippen molar-refractivity contribution < 1.29 is 0 Å². The van der Waals surface area contributed by atoms with E-state index in [4.69, 9.17) is 0 Å². The van der Waals surface area contributed by atoms with Crippen LogP contribution >= 0.6 is 0 Å². The highest BCUT2D eigenvalue weighted by Gasteiger charge is 1.96. The first-order chi connectivity index (χ1) is 6.74. The zero-order valence-corrected chi connectivity index (χ0v) is 9.65. The van der Waals surface area contributed by atoms with E-state index in [1.807, 2.05) is 51.9 Å². The van der Waals surface area contributed by atoms with E-state index >= 15 is 0 Å². The number of hydrogen-bond donors (Lipinski definition) is 0. The Labute approximate surface area is 86.5 Å². The molecule has 0 bridgehead atoms. The summed E-state index contributed by atoms with van der Waals surface area (Å²) in [5.41, 5.74) is 2.06. The molecule has 3 heteroatoms. The molecule has 0 aliphatic carbocycles. The SMILES string of the molecule is C/C=N\N(C)c1ccnc(C)c1.CC. The third-order valence-electron chi connectivity index (χ3n) is 1.54. The van der Waals surface area contributed by atoms with E-state index in [1.54, 1.807) is 12.4 Å². The Morgan fingerprint density at radius 2 is 2.07 bits per heavy atom. The number of aromatic nitrogens is 1. The third-order valence-corrected chi connectivity index (χ3v) is 1.54. The van der Waals surface area contributed by atoms with E-state index in [-0.39, 0.29) is 0 Å². The first-order valence-electron chi connectivity index (χ1n) is 4.89. The predicted octanol–water partition coefficient (Wildman–Crippen LogP) is 2.86. The van der Waals surface area contributed by atoms with Gasteiger partial charge in [0.25, 0.3) is 0 Å². The van der Waals surface area contributed by atoms with Crippen LogP contribution < -0.4 is 5.01 Å². The van der Waals surface area contributed by atoms with Gasteiger partial charge in [0.05, 0.1) is 5.69 Å². The minimum absolute atomic E-state index is 1.01. The van der Waals surface area contributed by atoms with Gasteiger partial charge in [-0.3, -0.25) is 9.99 Å². The fraction of sp³-hybridized carbons (Fsp3) is 0.455. The van der Waals surface area contributed by atoms with Gasteiger partial charge in [0.1, 0.15) is 0 Å². The maximum atomic E-state index is 4.12. The van der Waals surface area contributed by atoms with Crippen LogP contribution in [0, 0.1) is 6.92 Å². The Morgan fingerprint density at radius 1 is 1.43 bits per heavy atom. The van der Waals surface area contributed by atoms with E-state index < -0.39 is 0 Å². The van der Waals surface area contributed by atoms with Gasteiger partial charge in [-0.15, -0.1) is 0 Å². The normalized spacial score (nSPS) is 9.50. The Kier molecular flexibility index (Phi) is 6.37. The monoisotopic (exact) mass is 193 g/mol. The van der Waals surface area contributed by atoms with Crippen LogP contribution in [0.3, 0.4) is 0 Å². The lowest BCUT2D eigenvalue weighted by molar-refractivity contribution is 1.01. The molecule has 0 N–H and O–H groups in total. The fourth-order valence-corrected chi connectivity index (χ4v) is 0.972. The van der Waals surface area contributed by atoms with Crippen LogP contribution in [-0.4, -0.2) is 18.2 Å². The Morgan fingerprint density at radius 3 is 2.57 bits per heavy atom. The summed E-state index contributed by atoms with van der Waals surface area (Å²) in [7, 11) is 1.91. The Balaban J connectivity index is 0.000000791. The predicted molar refractivity (Wildman–Crippen MR) is 62.9 cm³/mol. The summed E-state index contributed by atoms with van der Waals surface area (Å²) in [6.07, 6.45) is 3.54. The number of anilines is 1. The van der Waals surface area contributed by atoms with Crippen LogP contribution in [0.1, 0.15) is 26.5 Å². The van der Waals surface area contributed by atoms with Gasteiger partial charge < -0.3 is 0 Å².